The fourth-order valence-corrected chi connectivity index (χ4v) is 2.44. The summed E-state index contributed by atoms with van der Waals surface area (Å²) in [7, 11) is 4.03. The third-order valence-electron chi connectivity index (χ3n) is 3.34. The highest BCUT2D eigenvalue weighted by Gasteiger charge is 2.20. The second kappa shape index (κ2) is 5.85. The molecule has 2 aromatic rings. The molecule has 1 unspecified atom stereocenters. The number of benzene rings is 1. The van der Waals surface area contributed by atoms with Crippen molar-refractivity contribution >= 4 is 17.3 Å². The van der Waals surface area contributed by atoms with Crippen molar-refractivity contribution in [2.24, 2.45) is 5.73 Å². The van der Waals surface area contributed by atoms with E-state index in [1.54, 1.807) is 6.20 Å². The lowest BCUT2D eigenvalue weighted by atomic mass is 10.0. The Hall–Kier alpha value is -1.52. The predicted molar refractivity (Wildman–Crippen MR) is 84.4 cm³/mol. The van der Waals surface area contributed by atoms with E-state index in [0.717, 1.165) is 16.9 Å². The summed E-state index contributed by atoms with van der Waals surface area (Å²) in [6, 6.07) is 8.13. The highest BCUT2D eigenvalue weighted by atomic mass is 35.5. The summed E-state index contributed by atoms with van der Waals surface area (Å²) >= 11 is 6.24. The van der Waals surface area contributed by atoms with E-state index in [1.165, 1.54) is 0 Å². The van der Waals surface area contributed by atoms with Crippen LogP contribution in [-0.2, 0) is 0 Å². The molecule has 0 aliphatic carbocycles. The standard InChI is InChI=1S/C15H21ClN4/c1-10(2)20-15(13(16)9-18-20)14(17)11-5-7-12(8-6-11)19(3)4/h5-10,14H,17H2,1-4H3. The molecule has 4 nitrogen and oxygen atoms in total. The summed E-state index contributed by atoms with van der Waals surface area (Å²) in [6.07, 6.45) is 1.66. The van der Waals surface area contributed by atoms with E-state index in [-0.39, 0.29) is 12.1 Å². The van der Waals surface area contributed by atoms with E-state index in [4.69, 9.17) is 17.3 Å². The summed E-state index contributed by atoms with van der Waals surface area (Å²) in [5.74, 6) is 0. The van der Waals surface area contributed by atoms with Crippen LogP contribution < -0.4 is 10.6 Å². The number of hydrogen-bond donors (Lipinski definition) is 1. The Bertz CT molecular complexity index is 572. The second-order valence-corrected chi connectivity index (χ2v) is 5.79. The molecular formula is C15H21ClN4. The van der Waals surface area contributed by atoms with Crippen molar-refractivity contribution in [1.82, 2.24) is 9.78 Å². The van der Waals surface area contributed by atoms with Gasteiger partial charge >= 0.3 is 0 Å². The van der Waals surface area contributed by atoms with Gasteiger partial charge in [0.1, 0.15) is 0 Å². The fraction of sp³-hybridized carbons (Fsp3) is 0.400. The molecular weight excluding hydrogens is 272 g/mol. The van der Waals surface area contributed by atoms with Crippen molar-refractivity contribution in [3.8, 4) is 0 Å². The molecule has 20 heavy (non-hydrogen) atoms. The first-order chi connectivity index (χ1) is 9.41. The van der Waals surface area contributed by atoms with Gasteiger partial charge in [-0.2, -0.15) is 5.10 Å². The Labute approximate surface area is 125 Å². The Morgan fingerprint density at radius 2 is 1.80 bits per heavy atom. The van der Waals surface area contributed by atoms with Gasteiger partial charge in [0.2, 0.25) is 0 Å². The number of rotatable bonds is 4. The van der Waals surface area contributed by atoms with Crippen LogP contribution >= 0.6 is 11.6 Å². The predicted octanol–water partition coefficient (Wildman–Crippen LogP) is 3.23. The van der Waals surface area contributed by atoms with Crippen molar-refractivity contribution in [2.45, 2.75) is 25.9 Å². The number of anilines is 1. The summed E-state index contributed by atoms with van der Waals surface area (Å²) in [4.78, 5) is 2.06. The van der Waals surface area contributed by atoms with Crippen LogP contribution in [0.5, 0.6) is 0 Å². The molecule has 2 rings (SSSR count). The van der Waals surface area contributed by atoms with Gasteiger partial charge in [-0.3, -0.25) is 4.68 Å². The van der Waals surface area contributed by atoms with Gasteiger partial charge in [0, 0.05) is 25.8 Å². The monoisotopic (exact) mass is 292 g/mol. The second-order valence-electron chi connectivity index (χ2n) is 5.38. The average molecular weight is 293 g/mol. The molecule has 2 N–H and O–H groups in total. The number of aromatic nitrogens is 2. The molecule has 0 spiro atoms. The smallest absolute Gasteiger partial charge is 0.0837 e. The van der Waals surface area contributed by atoms with Crippen LogP contribution in [-0.4, -0.2) is 23.9 Å². The topological polar surface area (TPSA) is 47.1 Å². The SMILES string of the molecule is CC(C)n1ncc(Cl)c1C(N)c1ccc(N(C)C)cc1. The van der Waals surface area contributed by atoms with Crippen LogP contribution in [0.3, 0.4) is 0 Å². The quantitative estimate of drug-likeness (QED) is 0.941. The zero-order chi connectivity index (χ0) is 14.9. The zero-order valence-electron chi connectivity index (χ0n) is 12.3. The maximum Gasteiger partial charge on any atom is 0.0837 e. The number of halogens is 1. The molecule has 0 aliphatic heterocycles. The van der Waals surface area contributed by atoms with Crippen LogP contribution in [0.2, 0.25) is 5.02 Å². The molecule has 0 saturated carbocycles. The van der Waals surface area contributed by atoms with Crippen LogP contribution in [0.15, 0.2) is 30.5 Å². The van der Waals surface area contributed by atoms with Crippen molar-refractivity contribution < 1.29 is 0 Å². The summed E-state index contributed by atoms with van der Waals surface area (Å²) in [6.45, 7) is 4.13. The minimum Gasteiger partial charge on any atom is -0.378 e. The lowest BCUT2D eigenvalue weighted by Crippen LogP contribution is -2.19. The van der Waals surface area contributed by atoms with Crippen molar-refractivity contribution in [3.05, 3.63) is 46.7 Å². The summed E-state index contributed by atoms with van der Waals surface area (Å²) in [5.41, 5.74) is 9.40. The number of nitrogens with zero attached hydrogens (tertiary/aromatic N) is 3. The first-order valence-electron chi connectivity index (χ1n) is 6.67. The third-order valence-corrected chi connectivity index (χ3v) is 3.63. The molecule has 0 aliphatic rings. The average Bonchev–Trinajstić information content (AvgIpc) is 2.80. The molecule has 1 aromatic heterocycles. The highest BCUT2D eigenvalue weighted by Crippen LogP contribution is 2.29. The molecule has 0 amide bonds. The molecule has 0 bridgehead atoms. The third kappa shape index (κ3) is 2.81. The van der Waals surface area contributed by atoms with E-state index >= 15 is 0 Å². The molecule has 0 radical (unpaired) electrons. The Balaban J connectivity index is 2.36. The lowest BCUT2D eigenvalue weighted by molar-refractivity contribution is 0.499. The van der Waals surface area contributed by atoms with Crippen molar-refractivity contribution in [2.75, 3.05) is 19.0 Å². The van der Waals surface area contributed by atoms with Gasteiger partial charge in [0.25, 0.3) is 0 Å². The van der Waals surface area contributed by atoms with Gasteiger partial charge in [-0.25, -0.2) is 0 Å². The lowest BCUT2D eigenvalue weighted by Gasteiger charge is -2.19. The maximum atomic E-state index is 6.37. The first kappa shape index (κ1) is 14.9. The summed E-state index contributed by atoms with van der Waals surface area (Å²) in [5, 5.41) is 4.92. The Kier molecular flexibility index (Phi) is 4.35. The maximum absolute atomic E-state index is 6.37. The zero-order valence-corrected chi connectivity index (χ0v) is 13.1. The van der Waals surface area contributed by atoms with Crippen molar-refractivity contribution in [1.29, 1.82) is 0 Å². The largest absolute Gasteiger partial charge is 0.378 e. The minimum atomic E-state index is -0.274. The molecule has 1 aromatic carbocycles. The van der Waals surface area contributed by atoms with Crippen LogP contribution in [0.1, 0.15) is 37.2 Å². The molecule has 0 saturated heterocycles. The Morgan fingerprint density at radius 3 is 2.30 bits per heavy atom. The fourth-order valence-electron chi connectivity index (χ4n) is 2.19. The molecule has 5 heteroatoms. The van der Waals surface area contributed by atoms with Gasteiger partial charge < -0.3 is 10.6 Å². The molecule has 1 atom stereocenters. The number of hydrogen-bond acceptors (Lipinski definition) is 3. The summed E-state index contributed by atoms with van der Waals surface area (Å²) < 4.78 is 1.88. The van der Waals surface area contributed by atoms with E-state index in [0.29, 0.717) is 5.02 Å². The van der Waals surface area contributed by atoms with Gasteiger partial charge in [0.05, 0.1) is 23.0 Å². The van der Waals surface area contributed by atoms with Crippen LogP contribution in [0.25, 0.3) is 0 Å². The highest BCUT2D eigenvalue weighted by molar-refractivity contribution is 6.31. The van der Waals surface area contributed by atoms with E-state index in [2.05, 4.69) is 36.0 Å². The van der Waals surface area contributed by atoms with Gasteiger partial charge in [-0.05, 0) is 31.5 Å². The van der Waals surface area contributed by atoms with E-state index < -0.39 is 0 Å². The van der Waals surface area contributed by atoms with E-state index in [9.17, 15) is 0 Å². The normalized spacial score (nSPS) is 12.8. The molecule has 0 fully saturated rings. The number of nitrogens with two attached hydrogens (primary N) is 1. The van der Waals surface area contributed by atoms with Gasteiger partial charge in [0.15, 0.2) is 0 Å². The van der Waals surface area contributed by atoms with Crippen LogP contribution in [0, 0.1) is 0 Å². The van der Waals surface area contributed by atoms with Crippen molar-refractivity contribution in [3.63, 3.8) is 0 Å². The van der Waals surface area contributed by atoms with Crippen LogP contribution in [0.4, 0.5) is 5.69 Å². The van der Waals surface area contributed by atoms with Gasteiger partial charge in [-0.15, -0.1) is 0 Å². The molecule has 108 valence electrons. The van der Waals surface area contributed by atoms with Gasteiger partial charge in [-0.1, -0.05) is 23.7 Å². The minimum absolute atomic E-state index is 0.226. The van der Waals surface area contributed by atoms with E-state index in [1.807, 2.05) is 30.9 Å². The first-order valence-corrected chi connectivity index (χ1v) is 7.05. The molecule has 1 heterocycles. The Morgan fingerprint density at radius 1 is 1.20 bits per heavy atom.